The summed E-state index contributed by atoms with van der Waals surface area (Å²) in [7, 11) is 0. The van der Waals surface area contributed by atoms with E-state index in [0.717, 1.165) is 11.4 Å². The Morgan fingerprint density at radius 2 is 2.00 bits per heavy atom. The van der Waals surface area contributed by atoms with Gasteiger partial charge in [0, 0.05) is 0 Å². The molecule has 5 heteroatoms. The van der Waals surface area contributed by atoms with E-state index in [-0.39, 0.29) is 5.56 Å². The van der Waals surface area contributed by atoms with Gasteiger partial charge in [-0.05, 0) is 39.0 Å². The highest BCUT2D eigenvalue weighted by molar-refractivity contribution is 5.42. The largest absolute Gasteiger partial charge is 0.299 e. The zero-order valence-corrected chi connectivity index (χ0v) is 12.4. The van der Waals surface area contributed by atoms with Crippen molar-refractivity contribution in [3.8, 4) is 5.69 Å². The number of azo groups is 1. The second-order valence-corrected chi connectivity index (χ2v) is 4.60. The lowest BCUT2D eigenvalue weighted by Crippen LogP contribution is -2.13. The minimum Gasteiger partial charge on any atom is -0.293 e. The van der Waals surface area contributed by atoms with Crippen molar-refractivity contribution in [2.24, 2.45) is 10.2 Å². The number of H-pyrrole nitrogens is 1. The molecule has 0 unspecified atom stereocenters. The Morgan fingerprint density at radius 1 is 1.29 bits per heavy atom. The third kappa shape index (κ3) is 3.45. The van der Waals surface area contributed by atoms with Crippen LogP contribution in [-0.2, 0) is 0 Å². The van der Waals surface area contributed by atoms with Crippen LogP contribution < -0.4 is 5.56 Å². The zero-order valence-electron chi connectivity index (χ0n) is 12.4. The fraction of sp³-hybridized carbons (Fsp3) is 0.188. The molecule has 0 atom stereocenters. The molecule has 2 rings (SSSR count). The monoisotopic (exact) mass is 282 g/mol. The first kappa shape index (κ1) is 14.7. The molecule has 1 heterocycles. The number of aromatic amines is 1. The Kier molecular flexibility index (Phi) is 4.66. The average Bonchev–Trinajstić information content (AvgIpc) is 2.79. The van der Waals surface area contributed by atoms with Crippen molar-refractivity contribution in [1.82, 2.24) is 9.78 Å². The Hall–Kier alpha value is -2.69. The molecule has 21 heavy (non-hydrogen) atoms. The summed E-state index contributed by atoms with van der Waals surface area (Å²) in [6.07, 6.45) is 5.62. The molecule has 2 aromatic rings. The summed E-state index contributed by atoms with van der Waals surface area (Å²) >= 11 is 0. The lowest BCUT2D eigenvalue weighted by atomic mass is 10.3. The minimum atomic E-state index is -0.207. The lowest BCUT2D eigenvalue weighted by Gasteiger charge is -1.99. The predicted molar refractivity (Wildman–Crippen MR) is 84.2 cm³/mol. The summed E-state index contributed by atoms with van der Waals surface area (Å²) in [4.78, 5) is 12.4. The van der Waals surface area contributed by atoms with Crippen LogP contribution in [0.25, 0.3) is 5.69 Å². The van der Waals surface area contributed by atoms with Gasteiger partial charge in [0.05, 0.1) is 17.1 Å². The molecule has 0 aliphatic heterocycles. The quantitative estimate of drug-likeness (QED) is 0.667. The maximum absolute atomic E-state index is 12.4. The van der Waals surface area contributed by atoms with Crippen LogP contribution in [-0.4, -0.2) is 9.78 Å². The molecular weight excluding hydrogens is 264 g/mol. The molecular formula is C16H18N4O. The van der Waals surface area contributed by atoms with Crippen molar-refractivity contribution in [3.63, 3.8) is 0 Å². The normalized spacial score (nSPS) is 12.6. The maximum atomic E-state index is 12.4. The van der Waals surface area contributed by atoms with Gasteiger partial charge >= 0.3 is 0 Å². The smallest absolute Gasteiger partial charge is 0.293 e. The molecule has 0 aliphatic rings. The number of aryl methyl sites for hydroxylation is 1. The number of allylic oxidation sites excluding steroid dienone is 4. The molecule has 1 aromatic carbocycles. The Labute approximate surface area is 123 Å². The number of para-hydroxylation sites is 1. The third-order valence-corrected chi connectivity index (χ3v) is 2.89. The van der Waals surface area contributed by atoms with Crippen molar-refractivity contribution in [1.29, 1.82) is 0 Å². The fourth-order valence-corrected chi connectivity index (χ4v) is 1.81. The number of rotatable bonds is 4. The first-order chi connectivity index (χ1) is 10.1. The van der Waals surface area contributed by atoms with Crippen molar-refractivity contribution in [3.05, 3.63) is 70.3 Å². The van der Waals surface area contributed by atoms with Gasteiger partial charge in [0.25, 0.3) is 5.56 Å². The van der Waals surface area contributed by atoms with E-state index in [1.165, 1.54) is 4.68 Å². The third-order valence-electron chi connectivity index (χ3n) is 2.89. The van der Waals surface area contributed by atoms with Gasteiger partial charge in [-0.2, -0.15) is 5.11 Å². The van der Waals surface area contributed by atoms with Gasteiger partial charge in [0.2, 0.25) is 0 Å². The summed E-state index contributed by atoms with van der Waals surface area (Å²) in [6, 6.07) is 9.37. The van der Waals surface area contributed by atoms with Crippen LogP contribution >= 0.6 is 0 Å². The van der Waals surface area contributed by atoms with Crippen LogP contribution in [0.5, 0.6) is 0 Å². The molecule has 0 amide bonds. The number of nitrogens with one attached hydrogen (secondary N) is 1. The predicted octanol–water partition coefficient (Wildman–Crippen LogP) is 4.04. The van der Waals surface area contributed by atoms with Crippen molar-refractivity contribution in [2.45, 2.75) is 20.8 Å². The first-order valence-corrected chi connectivity index (χ1v) is 6.72. The van der Waals surface area contributed by atoms with Crippen LogP contribution in [0.4, 0.5) is 5.69 Å². The Balaban J connectivity index is 2.37. The van der Waals surface area contributed by atoms with Gasteiger partial charge in [0.15, 0.2) is 5.69 Å². The summed E-state index contributed by atoms with van der Waals surface area (Å²) in [5.41, 5.74) is 2.31. The molecule has 0 spiro atoms. The molecule has 0 radical (unpaired) electrons. The highest BCUT2D eigenvalue weighted by Gasteiger charge is 2.11. The topological polar surface area (TPSA) is 62.5 Å². The van der Waals surface area contributed by atoms with E-state index in [2.05, 4.69) is 15.3 Å². The van der Waals surface area contributed by atoms with E-state index in [1.807, 2.05) is 62.4 Å². The average molecular weight is 282 g/mol. The Bertz CT molecular complexity index is 748. The van der Waals surface area contributed by atoms with Crippen molar-refractivity contribution in [2.75, 3.05) is 0 Å². The SMILES string of the molecule is C/C=C\C=C(/C)N=Nc1c(C)[nH]n(-c2ccccc2)c1=O. The number of benzene rings is 1. The van der Waals surface area contributed by atoms with Gasteiger partial charge < -0.3 is 0 Å². The summed E-state index contributed by atoms with van der Waals surface area (Å²) in [5, 5.41) is 11.1. The number of hydrogen-bond donors (Lipinski definition) is 1. The second-order valence-electron chi connectivity index (χ2n) is 4.60. The zero-order chi connectivity index (χ0) is 15.2. The van der Waals surface area contributed by atoms with Crippen molar-refractivity contribution >= 4 is 5.69 Å². The van der Waals surface area contributed by atoms with Crippen LogP contribution in [0.2, 0.25) is 0 Å². The Morgan fingerprint density at radius 3 is 2.67 bits per heavy atom. The lowest BCUT2D eigenvalue weighted by molar-refractivity contribution is 0.835. The molecule has 108 valence electrons. The molecule has 5 nitrogen and oxygen atoms in total. The van der Waals surface area contributed by atoms with Crippen LogP contribution in [0.15, 0.2) is 69.3 Å². The van der Waals surface area contributed by atoms with Crippen LogP contribution in [0.3, 0.4) is 0 Å². The van der Waals surface area contributed by atoms with E-state index >= 15 is 0 Å². The molecule has 0 bridgehead atoms. The van der Waals surface area contributed by atoms with Crippen molar-refractivity contribution < 1.29 is 0 Å². The minimum absolute atomic E-state index is 0.207. The van der Waals surface area contributed by atoms with E-state index in [1.54, 1.807) is 6.92 Å². The van der Waals surface area contributed by atoms with Gasteiger partial charge in [-0.25, -0.2) is 4.68 Å². The molecule has 0 saturated heterocycles. The number of nitrogens with zero attached hydrogens (tertiary/aromatic N) is 3. The van der Waals surface area contributed by atoms with E-state index in [0.29, 0.717) is 11.4 Å². The highest BCUT2D eigenvalue weighted by Crippen LogP contribution is 2.15. The highest BCUT2D eigenvalue weighted by atomic mass is 16.1. The molecule has 1 N–H and O–H groups in total. The molecule has 0 aliphatic carbocycles. The summed E-state index contributed by atoms with van der Waals surface area (Å²) < 4.78 is 1.47. The molecule has 1 aromatic heterocycles. The first-order valence-electron chi connectivity index (χ1n) is 6.72. The van der Waals surface area contributed by atoms with E-state index in [9.17, 15) is 4.79 Å². The fourth-order valence-electron chi connectivity index (χ4n) is 1.81. The summed E-state index contributed by atoms with van der Waals surface area (Å²) in [6.45, 7) is 5.57. The van der Waals surface area contributed by atoms with Gasteiger partial charge in [0.1, 0.15) is 0 Å². The summed E-state index contributed by atoms with van der Waals surface area (Å²) in [5.74, 6) is 0. The van der Waals surface area contributed by atoms with E-state index in [4.69, 9.17) is 0 Å². The number of aromatic nitrogens is 2. The van der Waals surface area contributed by atoms with Crippen LogP contribution in [0.1, 0.15) is 19.5 Å². The van der Waals surface area contributed by atoms with Gasteiger partial charge in [-0.1, -0.05) is 30.4 Å². The standard InChI is InChI=1S/C16H18N4O/c1-4-5-9-12(2)17-18-15-13(3)19-20(16(15)21)14-10-7-6-8-11-14/h4-11,19H,1-3H3/b5-4-,12-9+,18-17?. The van der Waals surface area contributed by atoms with Gasteiger partial charge in [-0.15, -0.1) is 5.11 Å². The maximum Gasteiger partial charge on any atom is 0.299 e. The molecule has 0 fully saturated rings. The van der Waals surface area contributed by atoms with Gasteiger partial charge in [-0.3, -0.25) is 9.89 Å². The van der Waals surface area contributed by atoms with E-state index < -0.39 is 0 Å². The molecule has 0 saturated carbocycles. The second kappa shape index (κ2) is 6.65. The van der Waals surface area contributed by atoms with Crippen LogP contribution in [0, 0.1) is 6.92 Å². The number of hydrogen-bond acceptors (Lipinski definition) is 3.